The van der Waals surface area contributed by atoms with Crippen molar-refractivity contribution in [1.82, 2.24) is 19.5 Å². The summed E-state index contributed by atoms with van der Waals surface area (Å²) in [7, 11) is 2.93. The van der Waals surface area contributed by atoms with Crippen LogP contribution in [-0.4, -0.2) is 30.8 Å². The fraction of sp³-hybridized carbons (Fsp3) is 0.278. The summed E-state index contributed by atoms with van der Waals surface area (Å²) in [4.78, 5) is 39.6. The number of benzene rings is 1. The van der Waals surface area contributed by atoms with E-state index in [1.54, 1.807) is 31.3 Å². The Morgan fingerprint density at radius 3 is 2.54 bits per heavy atom. The molecule has 3 aromatic rings. The fourth-order valence-corrected chi connectivity index (χ4v) is 2.90. The van der Waals surface area contributed by atoms with Gasteiger partial charge in [0.1, 0.15) is 5.75 Å². The van der Waals surface area contributed by atoms with Gasteiger partial charge >= 0.3 is 11.2 Å². The van der Waals surface area contributed by atoms with E-state index in [4.69, 9.17) is 0 Å². The van der Waals surface area contributed by atoms with E-state index in [1.807, 2.05) is 6.92 Å². The van der Waals surface area contributed by atoms with Crippen LogP contribution in [0.3, 0.4) is 0 Å². The Morgan fingerprint density at radius 2 is 1.89 bits per heavy atom. The van der Waals surface area contributed by atoms with Gasteiger partial charge < -0.3 is 5.11 Å². The van der Waals surface area contributed by atoms with Crippen LogP contribution in [-0.2, 0) is 25.4 Å². The highest BCUT2D eigenvalue weighted by atomic mass is 16.3. The maximum absolute atomic E-state index is 12.4. The van der Waals surface area contributed by atoms with Crippen LogP contribution in [0.4, 0.5) is 0 Å². The summed E-state index contributed by atoms with van der Waals surface area (Å²) in [5.41, 5.74) is 3.52. The Balaban J connectivity index is 1.84. The molecule has 0 saturated heterocycles. The lowest BCUT2D eigenvalue weighted by Crippen LogP contribution is -2.46. The van der Waals surface area contributed by atoms with Crippen LogP contribution in [0.2, 0.25) is 0 Å². The van der Waals surface area contributed by atoms with E-state index in [1.165, 1.54) is 22.5 Å². The van der Waals surface area contributed by atoms with Crippen LogP contribution in [0.25, 0.3) is 11.2 Å². The Kier molecular flexibility index (Phi) is 5.12. The van der Waals surface area contributed by atoms with Gasteiger partial charge in [0.05, 0.1) is 5.71 Å². The summed E-state index contributed by atoms with van der Waals surface area (Å²) in [6.07, 6.45) is 2.05. The number of aromatic amines is 1. The molecule has 1 aromatic carbocycles. The first-order chi connectivity index (χ1) is 13.3. The second kappa shape index (κ2) is 7.51. The second-order valence-corrected chi connectivity index (χ2v) is 6.30. The summed E-state index contributed by atoms with van der Waals surface area (Å²) >= 11 is 0. The number of carbonyl (C=O) groups is 1. The fourth-order valence-electron chi connectivity index (χ4n) is 2.90. The van der Waals surface area contributed by atoms with Crippen molar-refractivity contribution in [3.63, 3.8) is 0 Å². The quantitative estimate of drug-likeness (QED) is 0.311. The van der Waals surface area contributed by atoms with Crippen LogP contribution in [0, 0.1) is 0 Å². The number of aromatic nitrogens is 4. The Morgan fingerprint density at radius 1 is 1.21 bits per heavy atom. The van der Waals surface area contributed by atoms with Gasteiger partial charge in [-0.2, -0.15) is 5.10 Å². The Labute approximate surface area is 159 Å². The SMILES string of the molecule is CC/C(=N\NC(=O)C[n+]1c[nH]c2c1c(=O)n(C)c(=O)n2C)c1ccc(O)cc1. The molecule has 1 amide bonds. The predicted molar refractivity (Wildman–Crippen MR) is 102 cm³/mol. The van der Waals surface area contributed by atoms with E-state index in [2.05, 4.69) is 15.5 Å². The smallest absolute Gasteiger partial charge is 0.333 e. The number of nitrogens with zero attached hydrogens (tertiary/aromatic N) is 4. The third-order valence-electron chi connectivity index (χ3n) is 4.45. The number of nitrogens with one attached hydrogen (secondary N) is 2. The van der Waals surface area contributed by atoms with Crippen molar-refractivity contribution in [3.8, 4) is 5.75 Å². The normalized spacial score (nSPS) is 11.8. The number of carbonyl (C=O) groups excluding carboxylic acids is 1. The standard InChI is InChI=1S/C18H20N6O4/c1-4-13(11-5-7-12(25)8-6-11)20-21-14(26)9-24-10-19-16-15(24)17(27)23(3)18(28)22(16)2/h5-8,10H,4,9H2,1-3H3,(H2,20,21,25,26)/p+1. The third-order valence-corrected chi connectivity index (χ3v) is 4.45. The minimum absolute atomic E-state index is 0.148. The molecular weight excluding hydrogens is 364 g/mol. The summed E-state index contributed by atoms with van der Waals surface area (Å²) in [5.74, 6) is -0.276. The molecule has 0 aliphatic heterocycles. The van der Waals surface area contributed by atoms with E-state index < -0.39 is 17.2 Å². The molecule has 0 aliphatic rings. The van der Waals surface area contributed by atoms with Crippen molar-refractivity contribution >= 4 is 22.8 Å². The molecule has 0 unspecified atom stereocenters. The average molecular weight is 385 g/mol. The van der Waals surface area contributed by atoms with Gasteiger partial charge in [-0.1, -0.05) is 6.92 Å². The van der Waals surface area contributed by atoms with Crippen LogP contribution in [0.15, 0.2) is 45.3 Å². The highest BCUT2D eigenvalue weighted by molar-refractivity contribution is 6.00. The molecule has 0 atom stereocenters. The molecule has 28 heavy (non-hydrogen) atoms. The molecule has 0 fully saturated rings. The van der Waals surface area contributed by atoms with Crippen molar-refractivity contribution < 1.29 is 14.5 Å². The number of phenols is 1. The minimum atomic E-state index is -0.492. The summed E-state index contributed by atoms with van der Waals surface area (Å²) < 4.78 is 3.74. The molecule has 0 bridgehead atoms. The van der Waals surface area contributed by atoms with Gasteiger partial charge in [0, 0.05) is 14.1 Å². The molecule has 0 spiro atoms. The van der Waals surface area contributed by atoms with E-state index in [9.17, 15) is 19.5 Å². The number of hydrogen-bond donors (Lipinski definition) is 3. The number of H-pyrrole nitrogens is 1. The van der Waals surface area contributed by atoms with Crippen molar-refractivity contribution in [2.75, 3.05) is 0 Å². The summed E-state index contributed by atoms with van der Waals surface area (Å²) in [6.45, 7) is 1.75. The van der Waals surface area contributed by atoms with Crippen molar-refractivity contribution in [2.45, 2.75) is 19.9 Å². The zero-order valence-corrected chi connectivity index (χ0v) is 15.8. The number of phenolic OH excluding ortho intramolecular Hbond substituents is 1. The zero-order chi connectivity index (χ0) is 20.4. The lowest BCUT2D eigenvalue weighted by Gasteiger charge is -2.05. The summed E-state index contributed by atoms with van der Waals surface area (Å²) in [6, 6.07) is 6.51. The molecule has 3 rings (SSSR count). The van der Waals surface area contributed by atoms with Crippen molar-refractivity contribution in [2.24, 2.45) is 19.2 Å². The predicted octanol–water partition coefficient (Wildman–Crippen LogP) is -0.511. The number of aryl methyl sites for hydroxylation is 1. The molecule has 0 saturated carbocycles. The molecule has 2 aromatic heterocycles. The summed E-state index contributed by atoms with van der Waals surface area (Å²) in [5, 5.41) is 13.5. The lowest BCUT2D eigenvalue weighted by molar-refractivity contribution is -0.659. The number of imidazole rings is 1. The second-order valence-electron chi connectivity index (χ2n) is 6.30. The molecular formula is C18H21N6O4+. The first kappa shape index (κ1) is 19.1. The van der Waals surface area contributed by atoms with Gasteiger partial charge in [0.25, 0.3) is 17.1 Å². The van der Waals surface area contributed by atoms with E-state index in [0.717, 1.165) is 10.1 Å². The Bertz CT molecular complexity index is 1180. The van der Waals surface area contributed by atoms with Crippen LogP contribution < -0.4 is 21.2 Å². The number of amides is 1. The molecule has 0 radical (unpaired) electrons. The first-order valence-electron chi connectivity index (χ1n) is 8.64. The number of rotatable bonds is 5. The van der Waals surface area contributed by atoms with E-state index in [-0.39, 0.29) is 17.8 Å². The van der Waals surface area contributed by atoms with Gasteiger partial charge in [-0.3, -0.25) is 18.7 Å². The largest absolute Gasteiger partial charge is 0.508 e. The van der Waals surface area contributed by atoms with Gasteiger partial charge in [0.2, 0.25) is 6.33 Å². The molecule has 10 nitrogen and oxygen atoms in total. The van der Waals surface area contributed by atoms with Crippen LogP contribution in [0.5, 0.6) is 5.75 Å². The highest BCUT2D eigenvalue weighted by Crippen LogP contribution is 2.11. The van der Waals surface area contributed by atoms with Gasteiger partial charge in [-0.05, 0) is 36.2 Å². The van der Waals surface area contributed by atoms with Crippen molar-refractivity contribution in [3.05, 3.63) is 57.0 Å². The lowest BCUT2D eigenvalue weighted by atomic mass is 10.1. The maximum atomic E-state index is 12.4. The Hall–Kier alpha value is -3.69. The average Bonchev–Trinajstić information content (AvgIpc) is 3.10. The van der Waals surface area contributed by atoms with Gasteiger partial charge in [-0.25, -0.2) is 19.8 Å². The molecule has 2 heterocycles. The number of fused-ring (bicyclic) bond motifs is 1. The molecule has 3 N–H and O–H groups in total. The van der Waals surface area contributed by atoms with Crippen molar-refractivity contribution in [1.29, 1.82) is 0 Å². The number of aromatic hydroxyl groups is 1. The minimum Gasteiger partial charge on any atom is -0.508 e. The van der Waals surface area contributed by atoms with Crippen LogP contribution >= 0.6 is 0 Å². The van der Waals surface area contributed by atoms with E-state index >= 15 is 0 Å². The molecule has 10 heteroatoms. The monoisotopic (exact) mass is 385 g/mol. The third kappa shape index (κ3) is 3.43. The van der Waals surface area contributed by atoms with Crippen LogP contribution in [0.1, 0.15) is 18.9 Å². The molecule has 146 valence electrons. The zero-order valence-electron chi connectivity index (χ0n) is 15.8. The number of hydrogen-bond acceptors (Lipinski definition) is 5. The molecule has 0 aliphatic carbocycles. The van der Waals surface area contributed by atoms with E-state index in [0.29, 0.717) is 17.8 Å². The number of hydrazone groups is 1. The first-order valence-corrected chi connectivity index (χ1v) is 8.64. The maximum Gasteiger partial charge on any atom is 0.333 e. The van der Waals surface area contributed by atoms with Gasteiger partial charge in [0.15, 0.2) is 6.54 Å². The highest BCUT2D eigenvalue weighted by Gasteiger charge is 2.21. The van der Waals surface area contributed by atoms with Gasteiger partial charge in [-0.15, -0.1) is 0 Å². The topological polar surface area (TPSA) is 125 Å².